The Morgan fingerprint density at radius 1 is 1.07 bits per heavy atom. The Bertz CT molecular complexity index is 920. The average Bonchev–Trinajstić information content (AvgIpc) is 3.19. The van der Waals surface area contributed by atoms with Gasteiger partial charge in [0.05, 0.1) is 18.6 Å². The van der Waals surface area contributed by atoms with E-state index in [-0.39, 0.29) is 17.8 Å². The van der Waals surface area contributed by atoms with Crippen LogP contribution in [-0.4, -0.2) is 56.5 Å². The van der Waals surface area contributed by atoms with Gasteiger partial charge >= 0.3 is 6.03 Å². The van der Waals surface area contributed by atoms with Gasteiger partial charge in [-0.2, -0.15) is 0 Å². The van der Waals surface area contributed by atoms with Crippen molar-refractivity contribution in [3.05, 3.63) is 59.5 Å². The van der Waals surface area contributed by atoms with Crippen molar-refractivity contribution in [2.45, 2.75) is 38.7 Å². The highest BCUT2D eigenvalue weighted by atomic mass is 32.2. The predicted octanol–water partition coefficient (Wildman–Crippen LogP) is 2.13. The maximum atomic E-state index is 12.6. The molecule has 30 heavy (non-hydrogen) atoms. The molecule has 0 saturated carbocycles. The van der Waals surface area contributed by atoms with Crippen LogP contribution >= 0.6 is 0 Å². The fraction of sp³-hybridized carbons (Fsp3) is 0.476. The van der Waals surface area contributed by atoms with Gasteiger partial charge in [0.15, 0.2) is 0 Å². The second-order valence-electron chi connectivity index (χ2n) is 7.80. The first-order valence-electron chi connectivity index (χ1n) is 10.2. The van der Waals surface area contributed by atoms with Gasteiger partial charge in [0.1, 0.15) is 5.76 Å². The van der Waals surface area contributed by atoms with Crippen LogP contribution in [0.3, 0.4) is 0 Å². The zero-order valence-corrected chi connectivity index (χ0v) is 18.3. The molecule has 1 aliphatic heterocycles. The van der Waals surface area contributed by atoms with Crippen molar-refractivity contribution in [1.29, 1.82) is 0 Å². The summed E-state index contributed by atoms with van der Waals surface area (Å²) in [4.78, 5) is 16.6. The topological polar surface area (TPSA) is 94.9 Å². The largest absolute Gasteiger partial charge is 0.468 e. The first kappa shape index (κ1) is 22.3. The van der Waals surface area contributed by atoms with E-state index in [0.717, 1.165) is 31.0 Å². The Morgan fingerprint density at radius 3 is 2.40 bits per heavy atom. The van der Waals surface area contributed by atoms with Crippen LogP contribution in [0.25, 0.3) is 0 Å². The molecule has 1 aliphatic rings. The number of sulfonamides is 1. The minimum Gasteiger partial charge on any atom is -0.468 e. The van der Waals surface area contributed by atoms with Crippen molar-refractivity contribution in [2.24, 2.45) is 0 Å². The predicted molar refractivity (Wildman–Crippen MR) is 115 cm³/mol. The van der Waals surface area contributed by atoms with Gasteiger partial charge in [-0.3, -0.25) is 4.90 Å². The van der Waals surface area contributed by atoms with E-state index in [1.54, 1.807) is 31.1 Å². The van der Waals surface area contributed by atoms with Gasteiger partial charge in [0.2, 0.25) is 10.0 Å². The number of hydrogen-bond donors (Lipinski definition) is 2. The van der Waals surface area contributed by atoms with E-state index in [9.17, 15) is 13.2 Å². The molecule has 3 rings (SSSR count). The van der Waals surface area contributed by atoms with Crippen LogP contribution in [0.2, 0.25) is 0 Å². The van der Waals surface area contributed by atoms with Gasteiger partial charge in [-0.25, -0.2) is 17.9 Å². The number of amides is 2. The number of hydrogen-bond acceptors (Lipinski definition) is 5. The van der Waals surface area contributed by atoms with Crippen LogP contribution < -0.4 is 10.0 Å². The molecule has 2 heterocycles. The fourth-order valence-corrected chi connectivity index (χ4v) is 4.98. The molecular formula is C21H30N4O4S. The number of urea groups is 1. The molecule has 8 nitrogen and oxygen atoms in total. The molecule has 2 aromatic rings. The molecule has 1 saturated heterocycles. The van der Waals surface area contributed by atoms with Crippen molar-refractivity contribution in [3.63, 3.8) is 0 Å². The number of carbonyl (C=O) groups is 1. The van der Waals surface area contributed by atoms with Crippen LogP contribution in [0.15, 0.2) is 47.1 Å². The van der Waals surface area contributed by atoms with Crippen molar-refractivity contribution in [1.82, 2.24) is 19.8 Å². The summed E-state index contributed by atoms with van der Waals surface area (Å²) in [7, 11) is -3.43. The molecule has 0 atom stereocenters. The zero-order chi connectivity index (χ0) is 21.6. The summed E-state index contributed by atoms with van der Waals surface area (Å²) in [5, 5.41) is 2.93. The second kappa shape index (κ2) is 10.1. The van der Waals surface area contributed by atoms with Crippen molar-refractivity contribution >= 4 is 16.1 Å². The van der Waals surface area contributed by atoms with Gasteiger partial charge in [0.25, 0.3) is 0 Å². The molecule has 1 fully saturated rings. The summed E-state index contributed by atoms with van der Waals surface area (Å²) in [6, 6.07) is 10.8. The maximum absolute atomic E-state index is 12.6. The molecule has 164 valence electrons. The molecule has 1 aromatic heterocycles. The van der Waals surface area contributed by atoms with Crippen LogP contribution in [0.5, 0.6) is 0 Å². The Labute approximate surface area is 178 Å². The number of rotatable bonds is 8. The SMILES string of the molecule is CC(C)NS(=O)(=O)Cc1ccccc1CNC(=O)N1CCN(Cc2ccco2)CC1. The van der Waals surface area contributed by atoms with E-state index in [2.05, 4.69) is 14.9 Å². The lowest BCUT2D eigenvalue weighted by molar-refractivity contribution is 0.130. The number of furan rings is 1. The third kappa shape index (κ3) is 6.58. The molecule has 0 bridgehead atoms. The highest BCUT2D eigenvalue weighted by Crippen LogP contribution is 2.13. The first-order valence-corrected chi connectivity index (χ1v) is 11.8. The Kier molecular flexibility index (Phi) is 7.52. The molecule has 0 unspecified atom stereocenters. The first-order chi connectivity index (χ1) is 14.3. The summed E-state index contributed by atoms with van der Waals surface area (Å²) < 4.78 is 32.5. The number of nitrogens with one attached hydrogen (secondary N) is 2. The lowest BCUT2D eigenvalue weighted by Gasteiger charge is -2.34. The summed E-state index contributed by atoms with van der Waals surface area (Å²) >= 11 is 0. The Balaban J connectivity index is 1.50. The van der Waals surface area contributed by atoms with Crippen LogP contribution in [0.4, 0.5) is 4.79 Å². The van der Waals surface area contributed by atoms with Crippen LogP contribution in [0.1, 0.15) is 30.7 Å². The molecule has 1 aromatic carbocycles. The molecule has 2 N–H and O–H groups in total. The monoisotopic (exact) mass is 434 g/mol. The summed E-state index contributed by atoms with van der Waals surface area (Å²) in [6.45, 7) is 7.46. The van der Waals surface area contributed by atoms with Gasteiger partial charge in [-0.1, -0.05) is 24.3 Å². The highest BCUT2D eigenvalue weighted by molar-refractivity contribution is 7.88. The van der Waals surface area contributed by atoms with Crippen LogP contribution in [-0.2, 0) is 28.9 Å². The summed E-state index contributed by atoms with van der Waals surface area (Å²) in [6.07, 6.45) is 1.67. The number of nitrogens with zero attached hydrogens (tertiary/aromatic N) is 2. The normalized spacial score (nSPS) is 15.5. The standard InChI is InChI=1S/C21H30N4O4S/c1-17(2)23-30(27,28)16-19-7-4-3-6-18(19)14-22-21(26)25-11-9-24(10-12-25)15-20-8-5-13-29-20/h3-8,13,17,23H,9-12,14-16H2,1-2H3,(H,22,26). The highest BCUT2D eigenvalue weighted by Gasteiger charge is 2.22. The second-order valence-corrected chi connectivity index (χ2v) is 9.56. The van der Waals surface area contributed by atoms with E-state index < -0.39 is 10.0 Å². The molecule has 0 radical (unpaired) electrons. The average molecular weight is 435 g/mol. The quantitative estimate of drug-likeness (QED) is 0.664. The van der Waals surface area contributed by atoms with Crippen molar-refractivity contribution in [3.8, 4) is 0 Å². The number of benzene rings is 1. The summed E-state index contributed by atoms with van der Waals surface area (Å²) in [5.41, 5.74) is 1.49. The van der Waals surface area contributed by atoms with Crippen molar-refractivity contribution < 1.29 is 17.6 Å². The third-order valence-corrected chi connectivity index (χ3v) is 6.45. The van der Waals surface area contributed by atoms with Crippen molar-refractivity contribution in [2.75, 3.05) is 26.2 Å². The molecule has 0 aliphatic carbocycles. The van der Waals surface area contributed by atoms with E-state index in [0.29, 0.717) is 25.2 Å². The Hall–Kier alpha value is -2.36. The van der Waals surface area contributed by atoms with E-state index in [4.69, 9.17) is 4.42 Å². The molecular weight excluding hydrogens is 404 g/mol. The molecule has 2 amide bonds. The van der Waals surface area contributed by atoms with Gasteiger partial charge < -0.3 is 14.6 Å². The molecule has 9 heteroatoms. The Morgan fingerprint density at radius 2 is 1.77 bits per heavy atom. The smallest absolute Gasteiger partial charge is 0.317 e. The number of carbonyl (C=O) groups excluding carboxylic acids is 1. The van der Waals surface area contributed by atoms with Crippen LogP contribution in [0, 0.1) is 0 Å². The summed E-state index contributed by atoms with van der Waals surface area (Å²) in [5.74, 6) is 0.814. The van der Waals surface area contributed by atoms with Gasteiger partial charge in [-0.15, -0.1) is 0 Å². The lowest BCUT2D eigenvalue weighted by atomic mass is 10.1. The zero-order valence-electron chi connectivity index (χ0n) is 17.5. The van der Waals surface area contributed by atoms with E-state index in [1.807, 2.05) is 30.3 Å². The van der Waals surface area contributed by atoms with Gasteiger partial charge in [0, 0.05) is 38.8 Å². The number of piperazine rings is 1. The molecule has 0 spiro atoms. The maximum Gasteiger partial charge on any atom is 0.317 e. The van der Waals surface area contributed by atoms with E-state index in [1.165, 1.54) is 0 Å². The van der Waals surface area contributed by atoms with Gasteiger partial charge in [-0.05, 0) is 37.1 Å². The fourth-order valence-electron chi connectivity index (χ4n) is 3.49. The van der Waals surface area contributed by atoms with E-state index >= 15 is 0 Å². The lowest BCUT2D eigenvalue weighted by Crippen LogP contribution is -2.51. The minimum absolute atomic E-state index is 0.108. The minimum atomic E-state index is -3.43. The third-order valence-electron chi connectivity index (χ3n) is 4.93.